The maximum atomic E-state index is 12.3. The zero-order valence-electron chi connectivity index (χ0n) is 6.93. The van der Waals surface area contributed by atoms with E-state index in [4.69, 9.17) is 0 Å². The van der Waals surface area contributed by atoms with Gasteiger partial charge in [0.1, 0.15) is 0 Å². The summed E-state index contributed by atoms with van der Waals surface area (Å²) in [5.74, 6) is -0.560. The summed E-state index contributed by atoms with van der Waals surface area (Å²) in [6, 6.07) is 4.81. The first-order valence-electron chi connectivity index (χ1n) is 3.72. The van der Waals surface area contributed by atoms with E-state index in [1.54, 1.807) is 0 Å². The summed E-state index contributed by atoms with van der Waals surface area (Å²) in [7, 11) is 0. The molecule has 0 unspecified atom stereocenters. The first-order chi connectivity index (χ1) is 5.93. The number of rotatable bonds is 2. The van der Waals surface area contributed by atoms with Crippen molar-refractivity contribution in [1.29, 1.82) is 0 Å². The van der Waals surface area contributed by atoms with E-state index in [0.29, 0.717) is 0 Å². The Labute approximate surface area is 73.6 Å². The molecule has 0 heterocycles. The summed E-state index contributed by atoms with van der Waals surface area (Å²) in [6.45, 7) is -3.96. The number of Topliss-reactive ketones (excluding diaryl/α,β-unsaturated/α-hetero) is 1. The minimum Gasteiger partial charge on any atom is -0.445 e. The van der Waals surface area contributed by atoms with Gasteiger partial charge >= 0.3 is 6.98 Å². The SMILES string of the molecule is CC(=O)c1ccccc1[B-](F)(F)F. The van der Waals surface area contributed by atoms with Crippen LogP contribution in [-0.2, 0) is 0 Å². The summed E-state index contributed by atoms with van der Waals surface area (Å²) >= 11 is 0. The molecule has 0 aromatic heterocycles. The molecular weight excluding hydrogens is 180 g/mol. The van der Waals surface area contributed by atoms with Crippen LogP contribution in [0.25, 0.3) is 0 Å². The minimum absolute atomic E-state index is 0.255. The molecule has 1 aromatic carbocycles. The summed E-state index contributed by atoms with van der Waals surface area (Å²) < 4.78 is 37.0. The van der Waals surface area contributed by atoms with E-state index >= 15 is 0 Å². The van der Waals surface area contributed by atoms with Crippen molar-refractivity contribution in [3.8, 4) is 0 Å². The van der Waals surface area contributed by atoms with Gasteiger partial charge in [-0.05, 0) is 12.5 Å². The van der Waals surface area contributed by atoms with Crippen molar-refractivity contribution in [3.63, 3.8) is 0 Å². The molecule has 0 fully saturated rings. The van der Waals surface area contributed by atoms with E-state index in [1.807, 2.05) is 0 Å². The molecular formula is C8H7BF3O-. The van der Waals surface area contributed by atoms with Crippen LogP contribution in [0.1, 0.15) is 17.3 Å². The molecule has 0 atom stereocenters. The average molecular weight is 187 g/mol. The number of hydrogen-bond acceptors (Lipinski definition) is 1. The Morgan fingerprint density at radius 1 is 1.23 bits per heavy atom. The second-order valence-electron chi connectivity index (χ2n) is 2.72. The van der Waals surface area contributed by atoms with Gasteiger partial charge in [0, 0.05) is 0 Å². The molecule has 0 aliphatic rings. The first kappa shape index (κ1) is 9.83. The van der Waals surface area contributed by atoms with Crippen LogP contribution in [0.2, 0.25) is 0 Å². The highest BCUT2D eigenvalue weighted by atomic mass is 19.4. The van der Waals surface area contributed by atoms with Crippen LogP contribution < -0.4 is 5.46 Å². The Hall–Kier alpha value is -1.26. The van der Waals surface area contributed by atoms with Gasteiger partial charge in [0.05, 0.1) is 0 Å². The van der Waals surface area contributed by atoms with Crippen LogP contribution in [0.3, 0.4) is 0 Å². The summed E-state index contributed by atoms with van der Waals surface area (Å²) in [5.41, 5.74) is -1.06. The molecule has 0 saturated heterocycles. The second kappa shape index (κ2) is 3.24. The third kappa shape index (κ3) is 2.11. The summed E-state index contributed by atoms with van der Waals surface area (Å²) in [6.07, 6.45) is 0. The van der Waals surface area contributed by atoms with Crippen molar-refractivity contribution in [3.05, 3.63) is 29.8 Å². The van der Waals surface area contributed by atoms with E-state index < -0.39 is 18.2 Å². The Morgan fingerprint density at radius 2 is 1.77 bits per heavy atom. The number of hydrogen-bond donors (Lipinski definition) is 0. The number of halogens is 3. The van der Waals surface area contributed by atoms with Crippen molar-refractivity contribution in [2.45, 2.75) is 6.92 Å². The molecule has 1 aromatic rings. The van der Waals surface area contributed by atoms with E-state index in [-0.39, 0.29) is 5.56 Å². The second-order valence-corrected chi connectivity index (χ2v) is 2.72. The highest BCUT2D eigenvalue weighted by molar-refractivity contribution is 6.74. The van der Waals surface area contributed by atoms with E-state index in [0.717, 1.165) is 13.0 Å². The van der Waals surface area contributed by atoms with Gasteiger partial charge in [-0.1, -0.05) is 29.7 Å². The van der Waals surface area contributed by atoms with Gasteiger partial charge in [0.2, 0.25) is 0 Å². The quantitative estimate of drug-likeness (QED) is 0.510. The lowest BCUT2D eigenvalue weighted by molar-refractivity contribution is 0.101. The molecule has 0 bridgehead atoms. The molecule has 0 aliphatic carbocycles. The van der Waals surface area contributed by atoms with Crippen LogP contribution in [0.4, 0.5) is 12.9 Å². The maximum Gasteiger partial charge on any atom is 0.510 e. The molecule has 0 N–H and O–H groups in total. The van der Waals surface area contributed by atoms with Gasteiger partial charge in [-0.25, -0.2) is 0 Å². The lowest BCUT2D eigenvalue weighted by atomic mass is 9.76. The molecule has 13 heavy (non-hydrogen) atoms. The minimum atomic E-state index is -5.09. The van der Waals surface area contributed by atoms with Gasteiger partial charge in [0.25, 0.3) is 0 Å². The van der Waals surface area contributed by atoms with Crippen molar-refractivity contribution < 1.29 is 17.7 Å². The van der Waals surface area contributed by atoms with E-state index in [9.17, 15) is 17.7 Å². The number of carbonyl (C=O) groups is 1. The normalized spacial score (nSPS) is 11.4. The highest BCUT2D eigenvalue weighted by Gasteiger charge is 2.28. The molecule has 0 spiro atoms. The Balaban J connectivity index is 3.28. The average Bonchev–Trinajstić information content (AvgIpc) is 2.03. The molecule has 0 saturated carbocycles. The smallest absolute Gasteiger partial charge is 0.445 e. The zero-order chi connectivity index (χ0) is 10.1. The van der Waals surface area contributed by atoms with Crippen molar-refractivity contribution >= 4 is 18.2 Å². The molecule has 70 valence electrons. The first-order valence-corrected chi connectivity index (χ1v) is 3.72. The highest BCUT2D eigenvalue weighted by Crippen LogP contribution is 2.12. The number of carbonyl (C=O) groups excluding carboxylic acids is 1. The fraction of sp³-hybridized carbons (Fsp3) is 0.125. The molecule has 5 heteroatoms. The topological polar surface area (TPSA) is 17.1 Å². The third-order valence-corrected chi connectivity index (χ3v) is 1.69. The van der Waals surface area contributed by atoms with Crippen molar-refractivity contribution in [2.24, 2.45) is 0 Å². The van der Waals surface area contributed by atoms with Crippen molar-refractivity contribution in [1.82, 2.24) is 0 Å². The lowest BCUT2D eigenvalue weighted by Crippen LogP contribution is -2.37. The Kier molecular flexibility index (Phi) is 2.45. The molecule has 0 aliphatic heterocycles. The largest absolute Gasteiger partial charge is 0.510 e. The maximum absolute atomic E-state index is 12.3. The van der Waals surface area contributed by atoms with Gasteiger partial charge in [-0.3, -0.25) is 4.79 Å². The fourth-order valence-corrected chi connectivity index (χ4v) is 1.10. The van der Waals surface area contributed by atoms with E-state index in [2.05, 4.69) is 0 Å². The van der Waals surface area contributed by atoms with Crippen LogP contribution in [-0.4, -0.2) is 12.8 Å². The third-order valence-electron chi connectivity index (χ3n) is 1.69. The lowest BCUT2D eigenvalue weighted by Gasteiger charge is -2.17. The molecule has 0 amide bonds. The van der Waals surface area contributed by atoms with Gasteiger partial charge in [0.15, 0.2) is 5.78 Å². The predicted octanol–water partition coefficient (Wildman–Crippen LogP) is 1.94. The molecule has 1 rings (SSSR count). The van der Waals surface area contributed by atoms with Gasteiger partial charge < -0.3 is 12.9 Å². The van der Waals surface area contributed by atoms with Crippen LogP contribution >= 0.6 is 0 Å². The molecule has 0 radical (unpaired) electrons. The standard InChI is InChI=1S/C8H7BF3O/c1-6(13)7-4-2-3-5-8(7)9(10,11)12/h2-5H,1H3/q-1. The van der Waals surface area contributed by atoms with Crippen LogP contribution in [0.5, 0.6) is 0 Å². The predicted molar refractivity (Wildman–Crippen MR) is 45.2 cm³/mol. The Morgan fingerprint density at radius 3 is 2.15 bits per heavy atom. The monoisotopic (exact) mass is 187 g/mol. The summed E-state index contributed by atoms with van der Waals surface area (Å²) in [4.78, 5) is 10.8. The van der Waals surface area contributed by atoms with E-state index in [1.165, 1.54) is 18.2 Å². The molecule has 1 nitrogen and oxygen atoms in total. The number of ketones is 1. The number of benzene rings is 1. The summed E-state index contributed by atoms with van der Waals surface area (Å²) in [5, 5.41) is 0. The van der Waals surface area contributed by atoms with Crippen LogP contribution in [0, 0.1) is 0 Å². The fourth-order valence-electron chi connectivity index (χ4n) is 1.10. The zero-order valence-corrected chi connectivity index (χ0v) is 6.93. The van der Waals surface area contributed by atoms with Crippen LogP contribution in [0.15, 0.2) is 24.3 Å². The van der Waals surface area contributed by atoms with Gasteiger partial charge in [-0.2, -0.15) is 0 Å². The van der Waals surface area contributed by atoms with Gasteiger partial charge in [-0.15, -0.1) is 0 Å². The Bertz CT molecular complexity index is 332. The van der Waals surface area contributed by atoms with Crippen molar-refractivity contribution in [2.75, 3.05) is 0 Å².